The third-order valence-corrected chi connectivity index (χ3v) is 5.15. The summed E-state index contributed by atoms with van der Waals surface area (Å²) in [6, 6.07) is 10.3. The minimum absolute atomic E-state index is 0.343. The number of halogens is 1. The second kappa shape index (κ2) is 7.61. The van der Waals surface area contributed by atoms with E-state index < -0.39 is 0 Å². The molecule has 3 aromatic rings. The van der Waals surface area contributed by atoms with Crippen LogP contribution in [0.4, 0.5) is 5.82 Å². The zero-order valence-electron chi connectivity index (χ0n) is 14.6. The molecule has 26 heavy (non-hydrogen) atoms. The van der Waals surface area contributed by atoms with E-state index in [-0.39, 0.29) is 0 Å². The second-order valence-corrected chi connectivity index (χ2v) is 7.28. The number of nitrogens with two attached hydrogens (primary N) is 1. The summed E-state index contributed by atoms with van der Waals surface area (Å²) in [5, 5.41) is 8.52. The lowest BCUT2D eigenvalue weighted by Gasteiger charge is -2.29. The molecule has 0 aliphatic carbocycles. The van der Waals surface area contributed by atoms with Crippen LogP contribution < -0.4 is 11.1 Å². The summed E-state index contributed by atoms with van der Waals surface area (Å²) in [7, 11) is 0. The summed E-state index contributed by atoms with van der Waals surface area (Å²) in [5.41, 5.74) is 9.40. The molecule has 1 fully saturated rings. The molecule has 0 atom stereocenters. The van der Waals surface area contributed by atoms with Gasteiger partial charge in [0.25, 0.3) is 0 Å². The van der Waals surface area contributed by atoms with Crippen LogP contribution in [0.15, 0.2) is 42.9 Å². The highest BCUT2D eigenvalue weighted by Crippen LogP contribution is 2.23. The highest BCUT2D eigenvalue weighted by molar-refractivity contribution is 6.30. The van der Waals surface area contributed by atoms with E-state index in [4.69, 9.17) is 17.3 Å². The summed E-state index contributed by atoms with van der Waals surface area (Å²) in [6.45, 7) is 3.63. The van der Waals surface area contributed by atoms with Gasteiger partial charge in [0.2, 0.25) is 0 Å². The molecule has 1 saturated heterocycles. The molecular formula is C19H23ClN6. The third-order valence-electron chi connectivity index (χ3n) is 4.91. The number of fused-ring (bicyclic) bond motifs is 1. The first-order valence-electron chi connectivity index (χ1n) is 8.96. The van der Waals surface area contributed by atoms with Crippen molar-refractivity contribution in [2.45, 2.75) is 32.0 Å². The number of rotatable bonds is 5. The molecule has 6 nitrogen and oxygen atoms in total. The van der Waals surface area contributed by atoms with Gasteiger partial charge in [-0.05, 0) is 55.3 Å². The van der Waals surface area contributed by atoms with Gasteiger partial charge in [-0.2, -0.15) is 5.10 Å². The summed E-state index contributed by atoms with van der Waals surface area (Å²) in [5.74, 6) is 0.841. The van der Waals surface area contributed by atoms with Gasteiger partial charge >= 0.3 is 0 Å². The summed E-state index contributed by atoms with van der Waals surface area (Å²) in [6.07, 6.45) is 5.69. The quantitative estimate of drug-likeness (QED) is 0.722. The number of benzene rings is 1. The summed E-state index contributed by atoms with van der Waals surface area (Å²) < 4.78 is 1.89. The van der Waals surface area contributed by atoms with E-state index in [9.17, 15) is 0 Å². The molecule has 0 bridgehead atoms. The van der Waals surface area contributed by atoms with Crippen LogP contribution in [0.25, 0.3) is 5.52 Å². The number of nitrogens with zero attached hydrogens (tertiary/aromatic N) is 4. The third kappa shape index (κ3) is 3.82. The van der Waals surface area contributed by atoms with Crippen molar-refractivity contribution in [3.63, 3.8) is 0 Å². The Morgan fingerprint density at radius 1 is 1.23 bits per heavy atom. The maximum Gasteiger partial charge on any atom is 0.154 e. The lowest BCUT2D eigenvalue weighted by atomic mass is 10.1. The molecular weight excluding hydrogens is 348 g/mol. The SMILES string of the molecule is NC1CCN(Cc2ccn3ncnc(NCc4cccc(Cl)c4)c23)CC1. The molecule has 4 rings (SSSR count). The first kappa shape index (κ1) is 17.3. The number of nitrogens with one attached hydrogen (secondary N) is 1. The number of piperidine rings is 1. The molecule has 3 heterocycles. The average molecular weight is 371 g/mol. The Hall–Kier alpha value is -2.15. The van der Waals surface area contributed by atoms with Gasteiger partial charge < -0.3 is 11.1 Å². The first-order valence-corrected chi connectivity index (χ1v) is 9.34. The van der Waals surface area contributed by atoms with Crippen molar-refractivity contribution in [2.75, 3.05) is 18.4 Å². The molecule has 7 heteroatoms. The molecule has 0 radical (unpaired) electrons. The van der Waals surface area contributed by atoms with Gasteiger partial charge in [0.1, 0.15) is 11.8 Å². The van der Waals surface area contributed by atoms with Crippen molar-refractivity contribution in [3.05, 3.63) is 59.0 Å². The van der Waals surface area contributed by atoms with Crippen molar-refractivity contribution in [1.82, 2.24) is 19.5 Å². The van der Waals surface area contributed by atoms with Crippen LogP contribution in [0, 0.1) is 0 Å². The van der Waals surface area contributed by atoms with Gasteiger partial charge in [-0.25, -0.2) is 9.50 Å². The van der Waals surface area contributed by atoms with E-state index in [1.165, 1.54) is 5.56 Å². The first-order chi connectivity index (χ1) is 12.7. The maximum atomic E-state index is 6.08. The molecule has 1 aliphatic heterocycles. The minimum Gasteiger partial charge on any atom is -0.364 e. The molecule has 0 unspecified atom stereocenters. The van der Waals surface area contributed by atoms with E-state index in [0.29, 0.717) is 12.6 Å². The molecule has 3 N–H and O–H groups in total. The van der Waals surface area contributed by atoms with Crippen LogP contribution in [0.2, 0.25) is 5.02 Å². The van der Waals surface area contributed by atoms with Crippen LogP contribution in [0.3, 0.4) is 0 Å². The smallest absolute Gasteiger partial charge is 0.154 e. The number of hydrogen-bond acceptors (Lipinski definition) is 5. The molecule has 1 aliphatic rings. The van der Waals surface area contributed by atoms with Crippen LogP contribution in [0.5, 0.6) is 0 Å². The fourth-order valence-corrected chi connectivity index (χ4v) is 3.67. The Morgan fingerprint density at radius 3 is 2.88 bits per heavy atom. The zero-order chi connectivity index (χ0) is 17.9. The number of hydrogen-bond donors (Lipinski definition) is 2. The second-order valence-electron chi connectivity index (χ2n) is 6.84. The Labute approximate surface area is 158 Å². The lowest BCUT2D eigenvalue weighted by molar-refractivity contribution is 0.206. The molecule has 1 aromatic carbocycles. The lowest BCUT2D eigenvalue weighted by Crippen LogP contribution is -2.39. The molecule has 0 saturated carbocycles. The highest BCUT2D eigenvalue weighted by Gasteiger charge is 2.18. The van der Waals surface area contributed by atoms with E-state index in [1.807, 2.05) is 35.0 Å². The van der Waals surface area contributed by atoms with E-state index in [1.54, 1.807) is 6.33 Å². The van der Waals surface area contributed by atoms with Gasteiger partial charge in [0.05, 0.1) is 0 Å². The fourth-order valence-electron chi connectivity index (χ4n) is 3.46. The monoisotopic (exact) mass is 370 g/mol. The van der Waals surface area contributed by atoms with Crippen molar-refractivity contribution in [2.24, 2.45) is 5.73 Å². The Morgan fingerprint density at radius 2 is 2.08 bits per heavy atom. The van der Waals surface area contributed by atoms with Crippen LogP contribution in [-0.4, -0.2) is 38.6 Å². The van der Waals surface area contributed by atoms with E-state index >= 15 is 0 Å². The van der Waals surface area contributed by atoms with Crippen LogP contribution in [-0.2, 0) is 13.1 Å². The van der Waals surface area contributed by atoms with Gasteiger partial charge in [0.15, 0.2) is 5.82 Å². The highest BCUT2D eigenvalue weighted by atomic mass is 35.5. The summed E-state index contributed by atoms with van der Waals surface area (Å²) in [4.78, 5) is 6.92. The van der Waals surface area contributed by atoms with Crippen molar-refractivity contribution in [3.8, 4) is 0 Å². The Bertz CT molecular complexity index is 885. The fraction of sp³-hybridized carbons (Fsp3) is 0.368. The normalized spacial score (nSPS) is 16.2. The van der Waals surface area contributed by atoms with Crippen molar-refractivity contribution >= 4 is 22.9 Å². The van der Waals surface area contributed by atoms with Crippen molar-refractivity contribution in [1.29, 1.82) is 0 Å². The van der Waals surface area contributed by atoms with Gasteiger partial charge in [-0.15, -0.1) is 0 Å². The molecule has 2 aromatic heterocycles. The maximum absolute atomic E-state index is 6.08. The van der Waals surface area contributed by atoms with E-state index in [2.05, 4.69) is 26.4 Å². The number of likely N-dealkylation sites (tertiary alicyclic amines) is 1. The molecule has 136 valence electrons. The van der Waals surface area contributed by atoms with Crippen LogP contribution >= 0.6 is 11.6 Å². The number of anilines is 1. The van der Waals surface area contributed by atoms with Gasteiger partial charge in [-0.3, -0.25) is 4.90 Å². The van der Waals surface area contributed by atoms with Gasteiger partial charge in [0, 0.05) is 30.4 Å². The minimum atomic E-state index is 0.343. The Kier molecular flexibility index (Phi) is 5.06. The Balaban J connectivity index is 1.54. The average Bonchev–Trinajstić information content (AvgIpc) is 3.06. The predicted octanol–water partition coefficient (Wildman–Crippen LogP) is 2.92. The van der Waals surface area contributed by atoms with E-state index in [0.717, 1.165) is 54.4 Å². The molecule has 0 amide bonds. The van der Waals surface area contributed by atoms with Crippen LogP contribution in [0.1, 0.15) is 24.0 Å². The topological polar surface area (TPSA) is 71.5 Å². The van der Waals surface area contributed by atoms with Gasteiger partial charge in [-0.1, -0.05) is 23.7 Å². The standard InChI is InChI=1S/C19H23ClN6/c20-16-3-1-2-14(10-16)11-22-19-18-15(4-9-26(18)24-13-23-19)12-25-7-5-17(21)6-8-25/h1-4,9-10,13,17H,5-8,11-12,21H2,(H,22,23,24). The zero-order valence-corrected chi connectivity index (χ0v) is 15.4. The summed E-state index contributed by atoms with van der Waals surface area (Å²) >= 11 is 6.08. The van der Waals surface area contributed by atoms with Crippen molar-refractivity contribution < 1.29 is 0 Å². The molecule has 0 spiro atoms. The number of aromatic nitrogens is 3. The predicted molar refractivity (Wildman–Crippen MR) is 104 cm³/mol. The largest absolute Gasteiger partial charge is 0.364 e.